The van der Waals surface area contributed by atoms with Crippen molar-refractivity contribution in [1.29, 1.82) is 0 Å². The minimum Gasteiger partial charge on any atom is -0.461 e. The summed E-state index contributed by atoms with van der Waals surface area (Å²) < 4.78 is 5.12. The van der Waals surface area contributed by atoms with Crippen molar-refractivity contribution in [2.75, 3.05) is 19.6 Å². The normalized spacial score (nSPS) is 18.4. The fraction of sp³-hybridized carbons (Fsp3) is 0.643. The summed E-state index contributed by atoms with van der Waals surface area (Å²) in [6.07, 6.45) is 6.63. The molecule has 0 unspecified atom stereocenters. The lowest BCUT2D eigenvalue weighted by Gasteiger charge is -2.31. The average molecular weight is 235 g/mol. The third kappa shape index (κ3) is 3.43. The highest BCUT2D eigenvalue weighted by molar-refractivity contribution is 5.94. The third-order valence-electron chi connectivity index (χ3n) is 3.57. The second-order valence-electron chi connectivity index (χ2n) is 4.91. The van der Waals surface area contributed by atoms with E-state index in [2.05, 4.69) is 11.8 Å². The molecule has 1 aliphatic heterocycles. The number of nitrogens with zero attached hydrogens (tertiary/aromatic N) is 1. The number of carbonyl (C=O) groups excluding carboxylic acids is 1. The van der Waals surface area contributed by atoms with Crippen LogP contribution in [-0.2, 0) is 0 Å². The van der Waals surface area contributed by atoms with E-state index in [1.165, 1.54) is 25.7 Å². The number of Topliss-reactive ketones (excluding diaryl/α,β-unsaturated/α-hetero) is 1. The maximum atomic E-state index is 11.8. The van der Waals surface area contributed by atoms with E-state index in [1.54, 1.807) is 18.4 Å². The van der Waals surface area contributed by atoms with Crippen molar-refractivity contribution in [2.45, 2.75) is 32.6 Å². The smallest absolute Gasteiger partial charge is 0.211 e. The zero-order chi connectivity index (χ0) is 12.1. The minimum absolute atomic E-state index is 0.101. The molecule has 1 saturated heterocycles. The number of piperidine rings is 1. The van der Waals surface area contributed by atoms with Crippen molar-refractivity contribution in [1.82, 2.24) is 4.90 Å². The first-order valence-corrected chi connectivity index (χ1v) is 6.58. The predicted molar refractivity (Wildman–Crippen MR) is 67.1 cm³/mol. The second-order valence-corrected chi connectivity index (χ2v) is 4.91. The van der Waals surface area contributed by atoms with Gasteiger partial charge in [-0.3, -0.25) is 9.69 Å². The molecule has 2 heterocycles. The fourth-order valence-electron chi connectivity index (χ4n) is 2.56. The van der Waals surface area contributed by atoms with Gasteiger partial charge in [-0.1, -0.05) is 19.8 Å². The van der Waals surface area contributed by atoms with Crippen molar-refractivity contribution in [3.05, 3.63) is 24.2 Å². The van der Waals surface area contributed by atoms with Gasteiger partial charge in [0, 0.05) is 0 Å². The van der Waals surface area contributed by atoms with Gasteiger partial charge in [-0.15, -0.1) is 0 Å². The largest absolute Gasteiger partial charge is 0.461 e. The first kappa shape index (κ1) is 12.4. The van der Waals surface area contributed by atoms with Crippen LogP contribution in [-0.4, -0.2) is 30.3 Å². The predicted octanol–water partition coefficient (Wildman–Crippen LogP) is 2.97. The van der Waals surface area contributed by atoms with Crippen molar-refractivity contribution in [3.8, 4) is 0 Å². The molecule has 0 amide bonds. The van der Waals surface area contributed by atoms with Gasteiger partial charge in [-0.25, -0.2) is 0 Å². The van der Waals surface area contributed by atoms with Crippen molar-refractivity contribution >= 4 is 5.78 Å². The van der Waals surface area contributed by atoms with E-state index in [-0.39, 0.29) is 5.78 Å². The number of rotatable bonds is 5. The van der Waals surface area contributed by atoms with E-state index in [4.69, 9.17) is 4.42 Å². The molecule has 1 fully saturated rings. The molecule has 17 heavy (non-hydrogen) atoms. The molecule has 0 aliphatic carbocycles. The van der Waals surface area contributed by atoms with Gasteiger partial charge in [-0.2, -0.15) is 0 Å². The molecule has 1 aromatic rings. The summed E-state index contributed by atoms with van der Waals surface area (Å²) in [5, 5.41) is 0. The number of hydrogen-bond donors (Lipinski definition) is 0. The number of hydrogen-bond acceptors (Lipinski definition) is 3. The summed E-state index contributed by atoms with van der Waals surface area (Å²) in [4.78, 5) is 14.1. The third-order valence-corrected chi connectivity index (χ3v) is 3.57. The molecule has 0 atom stereocenters. The van der Waals surface area contributed by atoms with Gasteiger partial charge in [0.2, 0.25) is 5.78 Å². The molecule has 0 N–H and O–H groups in total. The zero-order valence-corrected chi connectivity index (χ0v) is 10.5. The summed E-state index contributed by atoms with van der Waals surface area (Å²) in [6.45, 7) is 4.85. The molecular formula is C14H21NO2. The van der Waals surface area contributed by atoms with E-state index in [1.807, 2.05) is 0 Å². The molecule has 0 bridgehead atoms. The second kappa shape index (κ2) is 6.01. The van der Waals surface area contributed by atoms with Gasteiger partial charge in [0.15, 0.2) is 5.76 Å². The van der Waals surface area contributed by atoms with Crippen molar-refractivity contribution < 1.29 is 9.21 Å². The maximum absolute atomic E-state index is 11.8. The summed E-state index contributed by atoms with van der Waals surface area (Å²) in [6, 6.07) is 3.51. The summed E-state index contributed by atoms with van der Waals surface area (Å²) in [7, 11) is 0. The Balaban J connectivity index is 1.76. The molecular weight excluding hydrogens is 214 g/mol. The van der Waals surface area contributed by atoms with Crippen LogP contribution in [0.15, 0.2) is 22.8 Å². The monoisotopic (exact) mass is 235 g/mol. The van der Waals surface area contributed by atoms with Gasteiger partial charge in [-0.05, 0) is 44.0 Å². The maximum Gasteiger partial charge on any atom is 0.211 e. The number of likely N-dealkylation sites (tertiary alicyclic amines) is 1. The summed E-state index contributed by atoms with van der Waals surface area (Å²) in [5.74, 6) is 1.46. The molecule has 1 aliphatic rings. The van der Waals surface area contributed by atoms with Gasteiger partial charge in [0.05, 0.1) is 12.8 Å². The van der Waals surface area contributed by atoms with Crippen molar-refractivity contribution in [3.63, 3.8) is 0 Å². The SMILES string of the molecule is CCCC1CCN(CC(=O)c2ccco2)CC1. The quantitative estimate of drug-likeness (QED) is 0.736. The molecule has 0 aromatic carbocycles. The Hall–Kier alpha value is -1.09. The molecule has 3 heteroatoms. The Morgan fingerprint density at radius 3 is 2.82 bits per heavy atom. The number of carbonyl (C=O) groups is 1. The lowest BCUT2D eigenvalue weighted by atomic mass is 9.92. The Labute approximate surface area is 103 Å². The standard InChI is InChI=1S/C14H21NO2/c1-2-4-12-6-8-15(9-7-12)11-13(16)14-5-3-10-17-14/h3,5,10,12H,2,4,6-9,11H2,1H3. The van der Waals surface area contributed by atoms with E-state index >= 15 is 0 Å². The number of furan rings is 1. The van der Waals surface area contributed by atoms with E-state index < -0.39 is 0 Å². The van der Waals surface area contributed by atoms with Crippen LogP contribution < -0.4 is 0 Å². The van der Waals surface area contributed by atoms with Crippen LogP contribution in [0.1, 0.15) is 43.2 Å². The summed E-state index contributed by atoms with van der Waals surface area (Å²) >= 11 is 0. The van der Waals surface area contributed by atoms with Crippen molar-refractivity contribution in [2.24, 2.45) is 5.92 Å². The van der Waals surface area contributed by atoms with Crippen LogP contribution in [0.3, 0.4) is 0 Å². The Morgan fingerprint density at radius 1 is 1.47 bits per heavy atom. The zero-order valence-electron chi connectivity index (χ0n) is 10.5. The molecule has 94 valence electrons. The Morgan fingerprint density at radius 2 is 2.24 bits per heavy atom. The van der Waals surface area contributed by atoms with Gasteiger partial charge in [0.25, 0.3) is 0 Å². The Kier molecular flexibility index (Phi) is 4.37. The van der Waals surface area contributed by atoms with Crippen LogP contribution in [0.4, 0.5) is 0 Å². The highest BCUT2D eigenvalue weighted by Crippen LogP contribution is 2.21. The van der Waals surface area contributed by atoms with E-state index in [0.29, 0.717) is 12.3 Å². The minimum atomic E-state index is 0.101. The molecule has 2 rings (SSSR count). The topological polar surface area (TPSA) is 33.5 Å². The van der Waals surface area contributed by atoms with Gasteiger partial charge >= 0.3 is 0 Å². The molecule has 0 saturated carbocycles. The molecule has 0 radical (unpaired) electrons. The van der Waals surface area contributed by atoms with Crippen LogP contribution in [0.25, 0.3) is 0 Å². The molecule has 1 aromatic heterocycles. The number of ketones is 1. The summed E-state index contributed by atoms with van der Waals surface area (Å²) in [5.41, 5.74) is 0. The first-order valence-electron chi connectivity index (χ1n) is 6.58. The molecule has 3 nitrogen and oxygen atoms in total. The lowest BCUT2D eigenvalue weighted by molar-refractivity contribution is 0.0866. The molecule has 0 spiro atoms. The highest BCUT2D eigenvalue weighted by atomic mass is 16.3. The highest BCUT2D eigenvalue weighted by Gasteiger charge is 2.21. The van der Waals surface area contributed by atoms with Crippen LogP contribution >= 0.6 is 0 Å². The lowest BCUT2D eigenvalue weighted by Crippen LogP contribution is -2.37. The average Bonchev–Trinajstić information content (AvgIpc) is 2.86. The van der Waals surface area contributed by atoms with Crippen LogP contribution in [0, 0.1) is 5.92 Å². The van der Waals surface area contributed by atoms with Crippen LogP contribution in [0.2, 0.25) is 0 Å². The Bertz CT molecular complexity index is 337. The van der Waals surface area contributed by atoms with Crippen LogP contribution in [0.5, 0.6) is 0 Å². The van der Waals surface area contributed by atoms with Gasteiger partial charge in [0.1, 0.15) is 0 Å². The van der Waals surface area contributed by atoms with Gasteiger partial charge < -0.3 is 4.42 Å². The fourth-order valence-corrected chi connectivity index (χ4v) is 2.56. The first-order chi connectivity index (χ1) is 8.29. The van der Waals surface area contributed by atoms with E-state index in [0.717, 1.165) is 19.0 Å². The van der Waals surface area contributed by atoms with E-state index in [9.17, 15) is 4.79 Å².